The average molecular weight is 455 g/mol. The zero-order chi connectivity index (χ0) is 19.9. The maximum absolute atomic E-state index is 13.2. The van der Waals surface area contributed by atoms with Gasteiger partial charge in [0.1, 0.15) is 12.3 Å². The molecule has 146 valence electrons. The van der Waals surface area contributed by atoms with Gasteiger partial charge in [-0.3, -0.25) is 9.10 Å². The zero-order valence-corrected chi connectivity index (χ0v) is 17.7. The molecule has 0 bridgehead atoms. The van der Waals surface area contributed by atoms with Crippen molar-refractivity contribution in [3.8, 4) is 5.75 Å². The molecule has 8 heteroatoms. The second-order valence-corrected chi connectivity index (χ2v) is 8.52. The smallest absolute Gasteiger partial charge is 0.264 e. The maximum Gasteiger partial charge on any atom is 0.264 e. The van der Waals surface area contributed by atoms with Gasteiger partial charge in [-0.15, -0.1) is 0 Å². The highest BCUT2D eigenvalue weighted by Crippen LogP contribution is 2.26. The number of nitrogens with zero attached hydrogens (tertiary/aromatic N) is 1. The van der Waals surface area contributed by atoms with Crippen molar-refractivity contribution >= 4 is 37.5 Å². The van der Waals surface area contributed by atoms with E-state index in [0.29, 0.717) is 24.6 Å². The lowest BCUT2D eigenvalue weighted by Gasteiger charge is -2.24. The Kier molecular flexibility index (Phi) is 7.67. The van der Waals surface area contributed by atoms with Gasteiger partial charge in [0, 0.05) is 11.0 Å². The van der Waals surface area contributed by atoms with Crippen molar-refractivity contribution in [2.24, 2.45) is 0 Å². The molecule has 0 aromatic heterocycles. The number of nitrogens with one attached hydrogen (secondary N) is 1. The molecule has 2 aromatic carbocycles. The molecular formula is C19H23BrN2O4S. The van der Waals surface area contributed by atoms with Crippen LogP contribution in [-0.2, 0) is 14.8 Å². The van der Waals surface area contributed by atoms with Crippen LogP contribution in [0, 0.1) is 0 Å². The topological polar surface area (TPSA) is 75.7 Å². The highest BCUT2D eigenvalue weighted by atomic mass is 79.9. The molecule has 0 heterocycles. The molecule has 0 saturated heterocycles. The number of hydrogen-bond donors (Lipinski definition) is 1. The van der Waals surface area contributed by atoms with Crippen molar-refractivity contribution in [1.29, 1.82) is 0 Å². The lowest BCUT2D eigenvalue weighted by atomic mass is 10.3. The summed E-state index contributed by atoms with van der Waals surface area (Å²) in [6.45, 7) is 4.51. The molecule has 6 nitrogen and oxygen atoms in total. The Bertz CT molecular complexity index is 852. The first-order chi connectivity index (χ1) is 12.9. The Labute approximate surface area is 168 Å². The Morgan fingerprint density at radius 3 is 2.26 bits per heavy atom. The van der Waals surface area contributed by atoms with Gasteiger partial charge in [0.15, 0.2) is 0 Å². The van der Waals surface area contributed by atoms with E-state index < -0.39 is 10.0 Å². The van der Waals surface area contributed by atoms with Crippen LogP contribution in [0.25, 0.3) is 0 Å². The van der Waals surface area contributed by atoms with Crippen molar-refractivity contribution in [2.45, 2.75) is 25.2 Å². The number of carbonyl (C=O) groups is 1. The van der Waals surface area contributed by atoms with Crippen molar-refractivity contribution in [1.82, 2.24) is 5.32 Å². The average Bonchev–Trinajstić information content (AvgIpc) is 2.66. The summed E-state index contributed by atoms with van der Waals surface area (Å²) in [4.78, 5) is 12.4. The first-order valence-electron chi connectivity index (χ1n) is 8.66. The van der Waals surface area contributed by atoms with Crippen LogP contribution in [-0.4, -0.2) is 34.0 Å². The predicted octanol–water partition coefficient (Wildman–Crippen LogP) is 3.57. The van der Waals surface area contributed by atoms with E-state index in [1.807, 2.05) is 13.8 Å². The second kappa shape index (κ2) is 9.75. The molecule has 0 atom stereocenters. The zero-order valence-electron chi connectivity index (χ0n) is 15.3. The first kappa shape index (κ1) is 21.2. The van der Waals surface area contributed by atoms with Gasteiger partial charge in [0.25, 0.3) is 10.0 Å². The van der Waals surface area contributed by atoms with Gasteiger partial charge in [-0.1, -0.05) is 22.9 Å². The van der Waals surface area contributed by atoms with Gasteiger partial charge >= 0.3 is 0 Å². The Morgan fingerprint density at radius 2 is 1.70 bits per heavy atom. The van der Waals surface area contributed by atoms with Crippen molar-refractivity contribution in [3.63, 3.8) is 0 Å². The summed E-state index contributed by atoms with van der Waals surface area (Å²) in [6.07, 6.45) is 0.772. The lowest BCUT2D eigenvalue weighted by Crippen LogP contribution is -2.41. The number of carbonyl (C=O) groups excluding carboxylic acids is 1. The lowest BCUT2D eigenvalue weighted by molar-refractivity contribution is -0.119. The van der Waals surface area contributed by atoms with Crippen LogP contribution in [0.2, 0.25) is 0 Å². The van der Waals surface area contributed by atoms with E-state index in [4.69, 9.17) is 4.74 Å². The molecule has 2 rings (SSSR count). The third-order valence-corrected chi connectivity index (χ3v) is 6.01. The van der Waals surface area contributed by atoms with Crippen LogP contribution in [0.3, 0.4) is 0 Å². The number of sulfonamides is 1. The molecule has 0 fully saturated rings. The molecule has 0 aliphatic rings. The van der Waals surface area contributed by atoms with Gasteiger partial charge in [-0.05, 0) is 61.9 Å². The van der Waals surface area contributed by atoms with E-state index in [1.165, 1.54) is 12.1 Å². The summed E-state index contributed by atoms with van der Waals surface area (Å²) in [5, 5.41) is 2.72. The molecule has 0 spiro atoms. The number of benzene rings is 2. The molecule has 0 aliphatic heterocycles. The molecule has 0 aliphatic carbocycles. The molecular weight excluding hydrogens is 432 g/mol. The molecule has 0 radical (unpaired) electrons. The fraction of sp³-hybridized carbons (Fsp3) is 0.316. The monoisotopic (exact) mass is 454 g/mol. The van der Waals surface area contributed by atoms with Crippen LogP contribution in [0.5, 0.6) is 5.75 Å². The van der Waals surface area contributed by atoms with E-state index in [1.54, 1.807) is 36.4 Å². The van der Waals surface area contributed by atoms with Crippen molar-refractivity contribution in [3.05, 3.63) is 53.0 Å². The standard InChI is InChI=1S/C19H23BrN2O4S/c1-3-13-21-19(23)14-22(16-7-9-17(10-8-16)26-4-2)27(24,25)18-11-5-15(20)6-12-18/h5-12H,3-4,13-14H2,1-2H3,(H,21,23). The van der Waals surface area contributed by atoms with Crippen LogP contribution < -0.4 is 14.4 Å². The summed E-state index contributed by atoms with van der Waals surface area (Å²) >= 11 is 3.30. The number of anilines is 1. The van der Waals surface area contributed by atoms with E-state index in [0.717, 1.165) is 15.2 Å². The van der Waals surface area contributed by atoms with E-state index in [2.05, 4.69) is 21.2 Å². The van der Waals surface area contributed by atoms with E-state index in [9.17, 15) is 13.2 Å². The van der Waals surface area contributed by atoms with Gasteiger partial charge in [0.2, 0.25) is 5.91 Å². The highest BCUT2D eigenvalue weighted by Gasteiger charge is 2.27. The molecule has 27 heavy (non-hydrogen) atoms. The Hall–Kier alpha value is -2.06. The van der Waals surface area contributed by atoms with Crippen LogP contribution >= 0.6 is 15.9 Å². The SMILES string of the molecule is CCCNC(=O)CN(c1ccc(OCC)cc1)S(=O)(=O)c1ccc(Br)cc1. The van der Waals surface area contributed by atoms with E-state index in [-0.39, 0.29) is 17.3 Å². The molecule has 1 amide bonds. The fourth-order valence-electron chi connectivity index (χ4n) is 2.37. The molecule has 1 N–H and O–H groups in total. The number of halogens is 1. The van der Waals surface area contributed by atoms with Crippen LogP contribution in [0.1, 0.15) is 20.3 Å². The summed E-state index contributed by atoms with van der Waals surface area (Å²) in [7, 11) is -3.91. The van der Waals surface area contributed by atoms with Crippen molar-refractivity contribution in [2.75, 3.05) is 24.0 Å². The molecule has 0 unspecified atom stereocenters. The minimum atomic E-state index is -3.91. The first-order valence-corrected chi connectivity index (χ1v) is 10.9. The predicted molar refractivity (Wildman–Crippen MR) is 110 cm³/mol. The fourth-order valence-corrected chi connectivity index (χ4v) is 4.06. The highest BCUT2D eigenvalue weighted by molar-refractivity contribution is 9.10. The number of hydrogen-bond acceptors (Lipinski definition) is 4. The molecule has 2 aromatic rings. The Morgan fingerprint density at radius 1 is 1.07 bits per heavy atom. The minimum absolute atomic E-state index is 0.114. The van der Waals surface area contributed by atoms with E-state index >= 15 is 0 Å². The summed E-state index contributed by atoms with van der Waals surface area (Å²) in [5.41, 5.74) is 0.396. The number of rotatable bonds is 9. The van der Waals surface area contributed by atoms with Crippen LogP contribution in [0.4, 0.5) is 5.69 Å². The third kappa shape index (κ3) is 5.71. The van der Waals surface area contributed by atoms with Crippen molar-refractivity contribution < 1.29 is 17.9 Å². The number of amides is 1. The van der Waals surface area contributed by atoms with Gasteiger partial charge in [-0.25, -0.2) is 8.42 Å². The molecule has 0 saturated carbocycles. The van der Waals surface area contributed by atoms with Gasteiger partial charge in [0.05, 0.1) is 17.2 Å². The maximum atomic E-state index is 13.2. The minimum Gasteiger partial charge on any atom is -0.494 e. The summed E-state index contributed by atoms with van der Waals surface area (Å²) < 4.78 is 33.6. The number of ether oxygens (including phenoxy) is 1. The normalized spacial score (nSPS) is 11.1. The summed E-state index contributed by atoms with van der Waals surface area (Å²) in [5.74, 6) is 0.282. The van der Waals surface area contributed by atoms with Crippen LogP contribution in [0.15, 0.2) is 57.9 Å². The van der Waals surface area contributed by atoms with Gasteiger partial charge in [-0.2, -0.15) is 0 Å². The largest absolute Gasteiger partial charge is 0.494 e. The van der Waals surface area contributed by atoms with Gasteiger partial charge < -0.3 is 10.1 Å². The summed E-state index contributed by atoms with van der Waals surface area (Å²) in [6, 6.07) is 13.0. The second-order valence-electron chi connectivity index (χ2n) is 5.74. The third-order valence-electron chi connectivity index (χ3n) is 3.70. The quantitative estimate of drug-likeness (QED) is 0.628. The Balaban J connectivity index is 2.39.